The van der Waals surface area contributed by atoms with E-state index < -0.39 is 0 Å². The summed E-state index contributed by atoms with van der Waals surface area (Å²) in [6.45, 7) is 1.46. The summed E-state index contributed by atoms with van der Waals surface area (Å²) in [6.07, 6.45) is 14.9. The average Bonchev–Trinajstić information content (AvgIpc) is 3.30. The second kappa shape index (κ2) is 7.94. The molecule has 0 N–H and O–H groups in total. The van der Waals surface area contributed by atoms with Gasteiger partial charge >= 0.3 is 0 Å². The van der Waals surface area contributed by atoms with E-state index in [1.807, 2.05) is 0 Å². The Labute approximate surface area is 184 Å². The van der Waals surface area contributed by atoms with Crippen LogP contribution in [0.4, 0.5) is 4.39 Å². The lowest BCUT2D eigenvalue weighted by Crippen LogP contribution is -2.21. The smallest absolute Gasteiger partial charge is 0.237 e. The molecule has 4 heterocycles. The number of halogens is 1. The molecule has 0 unspecified atom stereocenters. The van der Waals surface area contributed by atoms with Crippen molar-refractivity contribution in [1.82, 2.24) is 29.1 Å². The summed E-state index contributed by atoms with van der Waals surface area (Å²) in [4.78, 5) is 18.8. The SMILES string of the molecule is Fc1ccc2ncn(-c3ncc4nc(C5=CC=CCCC5)n(C5CCOCC5)c4n3)c2c1. The number of rotatable bonds is 3. The molecule has 1 aromatic carbocycles. The fourth-order valence-corrected chi connectivity index (χ4v) is 4.61. The van der Waals surface area contributed by atoms with Gasteiger partial charge in [-0.1, -0.05) is 18.2 Å². The minimum atomic E-state index is -0.316. The van der Waals surface area contributed by atoms with Crippen LogP contribution in [-0.2, 0) is 4.74 Å². The molecule has 0 radical (unpaired) electrons. The van der Waals surface area contributed by atoms with Gasteiger partial charge in [-0.05, 0) is 49.8 Å². The van der Waals surface area contributed by atoms with E-state index in [0.717, 1.165) is 62.3 Å². The molecule has 7 nitrogen and oxygen atoms in total. The fraction of sp³-hybridized carbons (Fsp3) is 0.333. The second-order valence-electron chi connectivity index (χ2n) is 8.29. The van der Waals surface area contributed by atoms with Gasteiger partial charge in [0.2, 0.25) is 5.95 Å². The summed E-state index contributed by atoms with van der Waals surface area (Å²) >= 11 is 0. The molecule has 8 heteroatoms. The highest BCUT2D eigenvalue weighted by molar-refractivity contribution is 5.79. The number of hydrogen-bond donors (Lipinski definition) is 0. The Hall–Kier alpha value is -3.39. The molecule has 32 heavy (non-hydrogen) atoms. The fourth-order valence-electron chi connectivity index (χ4n) is 4.61. The molecule has 0 amide bonds. The molecule has 1 aliphatic heterocycles. The molecular weight excluding hydrogens is 407 g/mol. The summed E-state index contributed by atoms with van der Waals surface area (Å²) in [5.41, 5.74) is 4.12. The Bertz CT molecular complexity index is 1360. The zero-order valence-electron chi connectivity index (χ0n) is 17.6. The van der Waals surface area contributed by atoms with Gasteiger partial charge in [-0.25, -0.2) is 19.3 Å². The van der Waals surface area contributed by atoms with Crippen LogP contribution >= 0.6 is 0 Å². The lowest BCUT2D eigenvalue weighted by atomic mass is 10.1. The molecular formula is C24H23FN6O. The van der Waals surface area contributed by atoms with Gasteiger partial charge in [-0.15, -0.1) is 0 Å². The summed E-state index contributed by atoms with van der Waals surface area (Å²) in [6, 6.07) is 4.79. The number of aromatic nitrogens is 6. The van der Waals surface area contributed by atoms with Gasteiger partial charge < -0.3 is 9.30 Å². The highest BCUT2D eigenvalue weighted by Gasteiger charge is 2.25. The van der Waals surface area contributed by atoms with Crippen molar-refractivity contribution in [3.8, 4) is 5.95 Å². The monoisotopic (exact) mass is 430 g/mol. The van der Waals surface area contributed by atoms with Crippen LogP contribution in [0.15, 0.2) is 49.0 Å². The van der Waals surface area contributed by atoms with Crippen LogP contribution in [0.1, 0.15) is 44.0 Å². The third kappa shape index (κ3) is 3.31. The molecule has 3 aromatic heterocycles. The predicted molar refractivity (Wildman–Crippen MR) is 120 cm³/mol. The van der Waals surface area contributed by atoms with Gasteiger partial charge in [0.25, 0.3) is 0 Å². The number of imidazole rings is 2. The van der Waals surface area contributed by atoms with Crippen molar-refractivity contribution >= 4 is 27.8 Å². The summed E-state index contributed by atoms with van der Waals surface area (Å²) in [5.74, 6) is 1.11. The quantitative estimate of drug-likeness (QED) is 0.468. The number of fused-ring (bicyclic) bond motifs is 2. The third-order valence-corrected chi connectivity index (χ3v) is 6.24. The predicted octanol–water partition coefficient (Wildman–Crippen LogP) is 4.78. The zero-order valence-corrected chi connectivity index (χ0v) is 17.6. The van der Waals surface area contributed by atoms with Gasteiger partial charge in [-0.3, -0.25) is 4.57 Å². The summed E-state index contributed by atoms with van der Waals surface area (Å²) < 4.78 is 23.5. The molecule has 1 saturated heterocycles. The van der Waals surface area contributed by atoms with Crippen molar-refractivity contribution < 1.29 is 9.13 Å². The minimum Gasteiger partial charge on any atom is -0.381 e. The standard InChI is InChI=1S/C24H23FN6O/c25-17-7-8-19-21(13-17)30(15-27-19)24-26-14-20-23(29-24)31(18-9-11-32-12-10-18)22(28-20)16-5-3-1-2-4-6-16/h1,3,5,7-8,13-15,18H,2,4,6,9-12H2. The van der Waals surface area contributed by atoms with Crippen LogP contribution in [0.5, 0.6) is 0 Å². The van der Waals surface area contributed by atoms with E-state index in [4.69, 9.17) is 14.7 Å². The molecule has 1 fully saturated rings. The van der Waals surface area contributed by atoms with Crippen molar-refractivity contribution in [3.63, 3.8) is 0 Å². The average molecular weight is 430 g/mol. The van der Waals surface area contributed by atoms with Crippen LogP contribution in [0, 0.1) is 5.82 Å². The van der Waals surface area contributed by atoms with Gasteiger partial charge in [-0.2, -0.15) is 4.98 Å². The van der Waals surface area contributed by atoms with Crippen molar-refractivity contribution in [2.45, 2.75) is 38.1 Å². The minimum absolute atomic E-state index is 0.261. The van der Waals surface area contributed by atoms with Gasteiger partial charge in [0.05, 0.1) is 17.2 Å². The van der Waals surface area contributed by atoms with Gasteiger partial charge in [0.15, 0.2) is 5.65 Å². The second-order valence-corrected chi connectivity index (χ2v) is 8.29. The highest BCUT2D eigenvalue weighted by atomic mass is 19.1. The molecule has 0 spiro atoms. The lowest BCUT2D eigenvalue weighted by molar-refractivity contribution is 0.0702. The van der Waals surface area contributed by atoms with Crippen molar-refractivity contribution in [3.05, 3.63) is 60.6 Å². The van der Waals surface area contributed by atoms with Gasteiger partial charge in [0, 0.05) is 25.3 Å². The third-order valence-electron chi connectivity index (χ3n) is 6.24. The molecule has 0 bridgehead atoms. The molecule has 2 aliphatic rings. The Balaban J connectivity index is 1.54. The molecule has 0 atom stereocenters. The van der Waals surface area contributed by atoms with Crippen LogP contribution in [-0.4, -0.2) is 42.3 Å². The first kappa shape index (κ1) is 19.3. The molecule has 1 aliphatic carbocycles. The topological polar surface area (TPSA) is 70.7 Å². The van der Waals surface area contributed by atoms with E-state index in [1.54, 1.807) is 23.2 Å². The van der Waals surface area contributed by atoms with Gasteiger partial charge in [0.1, 0.15) is 23.5 Å². The molecule has 6 rings (SSSR count). The van der Waals surface area contributed by atoms with E-state index in [-0.39, 0.29) is 11.9 Å². The maximum atomic E-state index is 13.9. The first-order valence-electron chi connectivity index (χ1n) is 11.1. The number of ether oxygens (including phenoxy) is 1. The summed E-state index contributed by atoms with van der Waals surface area (Å²) in [7, 11) is 0. The first-order valence-corrected chi connectivity index (χ1v) is 11.1. The van der Waals surface area contributed by atoms with E-state index >= 15 is 0 Å². The van der Waals surface area contributed by atoms with E-state index in [2.05, 4.69) is 32.8 Å². The Kier molecular flexibility index (Phi) is 4.79. The number of allylic oxidation sites excluding steroid dienone is 4. The van der Waals surface area contributed by atoms with Crippen LogP contribution < -0.4 is 0 Å². The van der Waals surface area contributed by atoms with Crippen LogP contribution in [0.2, 0.25) is 0 Å². The molecule has 0 saturated carbocycles. The lowest BCUT2D eigenvalue weighted by Gasteiger charge is -2.26. The Morgan fingerprint density at radius 1 is 1.06 bits per heavy atom. The zero-order chi connectivity index (χ0) is 21.5. The normalized spacial score (nSPS) is 17.7. The van der Waals surface area contributed by atoms with E-state index in [0.29, 0.717) is 17.0 Å². The Morgan fingerprint density at radius 2 is 1.97 bits per heavy atom. The molecule has 162 valence electrons. The number of hydrogen-bond acceptors (Lipinski definition) is 5. The summed E-state index contributed by atoms with van der Waals surface area (Å²) in [5, 5.41) is 0. The van der Waals surface area contributed by atoms with Crippen molar-refractivity contribution in [2.75, 3.05) is 13.2 Å². The molecule has 4 aromatic rings. The maximum Gasteiger partial charge on any atom is 0.237 e. The van der Waals surface area contributed by atoms with Crippen molar-refractivity contribution in [2.24, 2.45) is 0 Å². The van der Waals surface area contributed by atoms with E-state index in [1.165, 1.54) is 17.7 Å². The highest BCUT2D eigenvalue weighted by Crippen LogP contribution is 2.33. The number of benzene rings is 1. The number of nitrogens with zero attached hydrogens (tertiary/aromatic N) is 6. The largest absolute Gasteiger partial charge is 0.381 e. The van der Waals surface area contributed by atoms with Crippen LogP contribution in [0.25, 0.3) is 33.7 Å². The van der Waals surface area contributed by atoms with Crippen molar-refractivity contribution in [1.29, 1.82) is 0 Å². The Morgan fingerprint density at radius 3 is 2.88 bits per heavy atom. The maximum absolute atomic E-state index is 13.9. The van der Waals surface area contributed by atoms with Crippen LogP contribution in [0.3, 0.4) is 0 Å². The van der Waals surface area contributed by atoms with E-state index in [9.17, 15) is 4.39 Å². The first-order chi connectivity index (χ1) is 15.8.